The van der Waals surface area contributed by atoms with E-state index in [9.17, 15) is 4.79 Å². The van der Waals surface area contributed by atoms with Gasteiger partial charge >= 0.3 is 0 Å². The number of rotatable bonds is 7. The summed E-state index contributed by atoms with van der Waals surface area (Å²) < 4.78 is 6.59. The zero-order valence-corrected chi connectivity index (χ0v) is 19.7. The summed E-state index contributed by atoms with van der Waals surface area (Å²) in [7, 11) is 0. The number of nitrogens with one attached hydrogen (secondary N) is 1. The number of nitrogens with zero attached hydrogens (tertiary/aromatic N) is 4. The number of anilines is 2. The maximum atomic E-state index is 12.3. The molecule has 31 heavy (non-hydrogen) atoms. The Hall–Kier alpha value is -2.36. The van der Waals surface area contributed by atoms with Crippen LogP contribution in [0.25, 0.3) is 11.5 Å². The lowest BCUT2D eigenvalue weighted by Crippen LogP contribution is -2.46. The molecule has 0 saturated carbocycles. The zero-order valence-electron chi connectivity index (χ0n) is 17.3. The smallest absolute Gasteiger partial charge is 0.277 e. The van der Waals surface area contributed by atoms with Gasteiger partial charge in [0.25, 0.3) is 5.22 Å². The van der Waals surface area contributed by atoms with Crippen molar-refractivity contribution in [2.45, 2.75) is 12.1 Å². The topological polar surface area (TPSA) is 74.5 Å². The first-order chi connectivity index (χ1) is 15.1. The molecule has 0 unspecified atom stereocenters. The number of hydrogen-bond acceptors (Lipinski definition) is 7. The summed E-state index contributed by atoms with van der Waals surface area (Å²) in [5, 5.41) is 11.4. The van der Waals surface area contributed by atoms with Crippen LogP contribution in [0.15, 0.2) is 62.6 Å². The number of carbonyl (C=O) groups is 1. The van der Waals surface area contributed by atoms with Crippen molar-refractivity contribution in [3.8, 4) is 11.5 Å². The van der Waals surface area contributed by atoms with Gasteiger partial charge in [0.05, 0.1) is 5.75 Å². The zero-order chi connectivity index (χ0) is 21.6. The molecule has 162 valence electrons. The molecule has 2 heterocycles. The Morgan fingerprint density at radius 1 is 1.13 bits per heavy atom. The van der Waals surface area contributed by atoms with Gasteiger partial charge in [-0.05, 0) is 49.0 Å². The summed E-state index contributed by atoms with van der Waals surface area (Å²) in [5.41, 5.74) is 2.80. The highest BCUT2D eigenvalue weighted by atomic mass is 79.9. The molecule has 1 aliphatic rings. The summed E-state index contributed by atoms with van der Waals surface area (Å²) in [6.45, 7) is 7.54. The second-order valence-electron chi connectivity index (χ2n) is 7.19. The molecule has 1 saturated heterocycles. The van der Waals surface area contributed by atoms with E-state index in [1.807, 2.05) is 36.4 Å². The molecule has 0 aliphatic carbocycles. The van der Waals surface area contributed by atoms with Gasteiger partial charge in [0, 0.05) is 47.6 Å². The molecule has 2 aromatic carbocycles. The maximum absolute atomic E-state index is 12.3. The van der Waals surface area contributed by atoms with Crippen molar-refractivity contribution in [1.82, 2.24) is 15.1 Å². The molecule has 0 bridgehead atoms. The highest BCUT2D eigenvalue weighted by Gasteiger charge is 2.16. The normalized spacial score (nSPS) is 14.6. The van der Waals surface area contributed by atoms with Crippen LogP contribution in [-0.2, 0) is 4.79 Å². The van der Waals surface area contributed by atoms with Crippen LogP contribution in [0.3, 0.4) is 0 Å². The molecule has 4 rings (SSSR count). The monoisotopic (exact) mass is 501 g/mol. The minimum Gasteiger partial charge on any atom is -0.411 e. The lowest BCUT2D eigenvalue weighted by Gasteiger charge is -2.35. The Kier molecular flexibility index (Phi) is 7.26. The van der Waals surface area contributed by atoms with Crippen molar-refractivity contribution in [2.24, 2.45) is 0 Å². The first-order valence-corrected chi connectivity index (χ1v) is 12.0. The predicted octanol–water partition coefficient (Wildman–Crippen LogP) is 4.37. The molecular weight excluding hydrogens is 478 g/mol. The SMILES string of the molecule is CCN1CCN(c2ccc(NC(=O)CSc3nnc(-c4cccc(Br)c4)o3)cc2)CC1. The first kappa shape index (κ1) is 21.9. The third-order valence-electron chi connectivity index (χ3n) is 5.14. The molecule has 0 radical (unpaired) electrons. The summed E-state index contributed by atoms with van der Waals surface area (Å²) in [5.74, 6) is 0.511. The Morgan fingerprint density at radius 3 is 2.61 bits per heavy atom. The van der Waals surface area contributed by atoms with Crippen LogP contribution in [0.5, 0.6) is 0 Å². The van der Waals surface area contributed by atoms with Crippen LogP contribution < -0.4 is 10.2 Å². The number of piperazine rings is 1. The fraction of sp³-hybridized carbons (Fsp3) is 0.318. The minimum atomic E-state index is -0.114. The van der Waals surface area contributed by atoms with Gasteiger partial charge in [0.15, 0.2) is 0 Å². The summed E-state index contributed by atoms with van der Waals surface area (Å²) >= 11 is 4.65. The molecule has 1 amide bonds. The number of aromatic nitrogens is 2. The summed E-state index contributed by atoms with van der Waals surface area (Å²) in [4.78, 5) is 17.2. The first-order valence-electron chi connectivity index (χ1n) is 10.2. The van der Waals surface area contributed by atoms with E-state index >= 15 is 0 Å². The number of thioether (sulfide) groups is 1. The second-order valence-corrected chi connectivity index (χ2v) is 9.03. The molecule has 3 aromatic rings. The van der Waals surface area contributed by atoms with Gasteiger partial charge in [0.2, 0.25) is 11.8 Å². The van der Waals surface area contributed by atoms with Crippen LogP contribution in [0.4, 0.5) is 11.4 Å². The van der Waals surface area contributed by atoms with Gasteiger partial charge < -0.3 is 19.5 Å². The third-order valence-corrected chi connectivity index (χ3v) is 6.45. The molecule has 9 heteroatoms. The van der Waals surface area contributed by atoms with Gasteiger partial charge in [-0.15, -0.1) is 10.2 Å². The van der Waals surface area contributed by atoms with Gasteiger partial charge in [0.1, 0.15) is 0 Å². The molecule has 1 fully saturated rings. The third kappa shape index (κ3) is 5.87. The molecular formula is C22H24BrN5O2S. The van der Waals surface area contributed by atoms with Gasteiger partial charge in [-0.3, -0.25) is 4.79 Å². The van der Waals surface area contributed by atoms with Gasteiger partial charge in [-0.25, -0.2) is 0 Å². The molecule has 1 aliphatic heterocycles. The largest absolute Gasteiger partial charge is 0.411 e. The van der Waals surface area contributed by atoms with Crippen molar-refractivity contribution in [1.29, 1.82) is 0 Å². The quantitative estimate of drug-likeness (QED) is 0.481. The number of amides is 1. The lowest BCUT2D eigenvalue weighted by atomic mass is 10.2. The molecule has 0 spiro atoms. The number of halogens is 1. The average molecular weight is 502 g/mol. The second kappa shape index (κ2) is 10.3. The van der Waals surface area contributed by atoms with Crippen molar-refractivity contribution in [3.05, 3.63) is 53.0 Å². The van der Waals surface area contributed by atoms with Crippen LogP contribution >= 0.6 is 27.7 Å². The van der Waals surface area contributed by atoms with Crippen molar-refractivity contribution < 1.29 is 9.21 Å². The van der Waals surface area contributed by atoms with Gasteiger partial charge in [-0.2, -0.15) is 0 Å². The number of likely N-dealkylation sites (N-methyl/N-ethyl adjacent to an activating group) is 1. The maximum Gasteiger partial charge on any atom is 0.277 e. The Morgan fingerprint density at radius 2 is 1.90 bits per heavy atom. The van der Waals surface area contributed by atoms with Gasteiger partial charge in [-0.1, -0.05) is 40.7 Å². The van der Waals surface area contributed by atoms with Crippen LogP contribution in [0.1, 0.15) is 6.92 Å². The summed E-state index contributed by atoms with van der Waals surface area (Å²) in [6, 6.07) is 15.7. The number of carbonyl (C=O) groups excluding carboxylic acids is 1. The Balaban J connectivity index is 1.26. The van der Waals surface area contributed by atoms with Crippen molar-refractivity contribution >= 4 is 45.0 Å². The van der Waals surface area contributed by atoms with E-state index in [1.165, 1.54) is 17.4 Å². The lowest BCUT2D eigenvalue weighted by molar-refractivity contribution is -0.113. The molecule has 1 N–H and O–H groups in total. The Labute approximate surface area is 194 Å². The Bertz CT molecular complexity index is 1020. The molecule has 1 aromatic heterocycles. The number of benzene rings is 2. The van der Waals surface area contributed by atoms with Crippen molar-refractivity contribution in [3.63, 3.8) is 0 Å². The van der Waals surface area contributed by atoms with E-state index in [0.717, 1.165) is 48.4 Å². The van der Waals surface area contributed by atoms with E-state index in [1.54, 1.807) is 0 Å². The fourth-order valence-electron chi connectivity index (χ4n) is 3.41. The van der Waals surface area contributed by atoms with Crippen LogP contribution in [0.2, 0.25) is 0 Å². The highest BCUT2D eigenvalue weighted by Crippen LogP contribution is 2.25. The van der Waals surface area contributed by atoms with Crippen LogP contribution in [-0.4, -0.2) is 59.5 Å². The minimum absolute atomic E-state index is 0.114. The standard InChI is InChI=1S/C22H24BrN5O2S/c1-2-27-10-12-28(13-11-27)19-8-6-18(7-9-19)24-20(29)15-31-22-26-25-21(30-22)16-4-3-5-17(23)14-16/h3-9,14H,2,10-13,15H2,1H3,(H,24,29). The average Bonchev–Trinajstić information content (AvgIpc) is 3.28. The van der Waals surface area contributed by atoms with E-state index < -0.39 is 0 Å². The molecule has 7 nitrogen and oxygen atoms in total. The summed E-state index contributed by atoms with van der Waals surface area (Å²) in [6.07, 6.45) is 0. The van der Waals surface area contributed by atoms with E-state index in [0.29, 0.717) is 11.1 Å². The number of hydrogen-bond donors (Lipinski definition) is 1. The van der Waals surface area contributed by atoms with E-state index in [4.69, 9.17) is 4.42 Å². The fourth-order valence-corrected chi connectivity index (χ4v) is 4.37. The highest BCUT2D eigenvalue weighted by molar-refractivity contribution is 9.10. The van der Waals surface area contributed by atoms with E-state index in [-0.39, 0.29) is 11.7 Å². The van der Waals surface area contributed by atoms with Crippen LogP contribution in [0, 0.1) is 0 Å². The van der Waals surface area contributed by atoms with E-state index in [2.05, 4.69) is 60.3 Å². The molecule has 0 atom stereocenters. The van der Waals surface area contributed by atoms with Crippen molar-refractivity contribution in [2.75, 3.05) is 48.7 Å². The predicted molar refractivity (Wildman–Crippen MR) is 128 cm³/mol.